The largest absolute Gasteiger partial charge is 0.397 e. The minimum Gasteiger partial charge on any atom is -0.397 e. The van der Waals surface area contributed by atoms with Gasteiger partial charge in [-0.3, -0.25) is 40.1 Å². The average molecular weight is 865 g/mol. The van der Waals surface area contributed by atoms with E-state index in [9.17, 15) is 0 Å². The molecule has 0 bridgehead atoms. The van der Waals surface area contributed by atoms with Crippen LogP contribution in [0.15, 0.2) is 147 Å². The van der Waals surface area contributed by atoms with E-state index in [-0.39, 0.29) is 0 Å². The molecule has 0 fully saturated rings. The van der Waals surface area contributed by atoms with E-state index in [1.165, 1.54) is 0 Å². The number of hydrogen-bond donors (Lipinski definition) is 6. The fourth-order valence-electron chi connectivity index (χ4n) is 8.09. The van der Waals surface area contributed by atoms with E-state index in [0.717, 1.165) is 125 Å². The standard InChI is InChI=1S/C27H24N8.C23H16N8/c1-2-7-29-12-17-10-20(14-30-13-17)19-3-4-23-21(11-19)26(35-34-23)27-32-24-16-31-15-22(25(24)33-27)18-5-8-28-9-6-18;24-16-7-15(9-26-10-16)14-1-2-19-17(8-14)22(31-30-19)23-28-20-12-27-11-18(21(20)29-23)13-3-5-25-6-4-13/h3-6,8-11,13-16,29H,2,7,12H2,1H3,(H,32,33)(H,34,35);1-12H,24H2,(H,28,29)(H,30,31). The SMILES string of the molecule is CCCNCc1cncc(-c2ccc3[nH]nc(-c4nc5c(-c6ccncc6)cncc5[nH]4)c3c2)c1.Nc1cncc(-c2ccc3[nH]nc(-c4nc5c(-c6ccncc6)cncc5[nH]4)c3c2)c1. The summed E-state index contributed by atoms with van der Waals surface area (Å²) in [4.78, 5) is 42.2. The highest BCUT2D eigenvalue weighted by Gasteiger charge is 2.18. The molecule has 0 aliphatic heterocycles. The van der Waals surface area contributed by atoms with Crippen molar-refractivity contribution in [1.29, 1.82) is 0 Å². The van der Waals surface area contributed by atoms with Gasteiger partial charge in [0.25, 0.3) is 0 Å². The van der Waals surface area contributed by atoms with E-state index in [2.05, 4.69) is 103 Å². The zero-order valence-corrected chi connectivity index (χ0v) is 35.5. The lowest BCUT2D eigenvalue weighted by atomic mass is 10.0. The van der Waals surface area contributed by atoms with Crippen LogP contribution in [-0.4, -0.2) is 76.8 Å². The van der Waals surface area contributed by atoms with Gasteiger partial charge in [-0.15, -0.1) is 0 Å². The molecule has 0 amide bonds. The Labute approximate surface area is 376 Å². The maximum atomic E-state index is 5.91. The monoisotopic (exact) mass is 864 g/mol. The molecule has 0 spiro atoms. The Morgan fingerprint density at radius 2 is 1.00 bits per heavy atom. The van der Waals surface area contributed by atoms with Gasteiger partial charge >= 0.3 is 0 Å². The second kappa shape index (κ2) is 17.3. The van der Waals surface area contributed by atoms with Crippen molar-refractivity contribution in [3.63, 3.8) is 0 Å². The van der Waals surface area contributed by atoms with Crippen LogP contribution in [0.5, 0.6) is 0 Å². The number of aromatic amines is 4. The first-order valence-electron chi connectivity index (χ1n) is 21.4. The van der Waals surface area contributed by atoms with Crippen LogP contribution in [0.4, 0.5) is 5.69 Å². The summed E-state index contributed by atoms with van der Waals surface area (Å²) in [6.07, 6.45) is 22.6. The molecule has 12 rings (SSSR count). The van der Waals surface area contributed by atoms with Crippen LogP contribution in [-0.2, 0) is 6.54 Å². The molecule has 320 valence electrons. The molecule has 2 aromatic carbocycles. The second-order valence-corrected chi connectivity index (χ2v) is 15.7. The minimum absolute atomic E-state index is 0.624. The molecular weight excluding hydrogens is 825 g/mol. The molecule has 10 heterocycles. The molecule has 0 radical (unpaired) electrons. The predicted molar refractivity (Wildman–Crippen MR) is 257 cm³/mol. The number of nitrogen functional groups attached to an aromatic ring is 1. The molecule has 66 heavy (non-hydrogen) atoms. The predicted octanol–water partition coefficient (Wildman–Crippen LogP) is 9.33. The first-order valence-corrected chi connectivity index (χ1v) is 21.4. The third kappa shape index (κ3) is 7.73. The van der Waals surface area contributed by atoms with Gasteiger partial charge < -0.3 is 21.0 Å². The normalized spacial score (nSPS) is 11.4. The Morgan fingerprint density at radius 3 is 1.53 bits per heavy atom. The van der Waals surface area contributed by atoms with E-state index < -0.39 is 0 Å². The third-order valence-corrected chi connectivity index (χ3v) is 11.3. The van der Waals surface area contributed by atoms with Crippen LogP contribution in [0, 0.1) is 0 Å². The van der Waals surface area contributed by atoms with Crippen molar-refractivity contribution in [2.24, 2.45) is 0 Å². The third-order valence-electron chi connectivity index (χ3n) is 11.3. The number of imidazole rings is 2. The quantitative estimate of drug-likeness (QED) is 0.0707. The van der Waals surface area contributed by atoms with Crippen LogP contribution in [0.3, 0.4) is 0 Å². The first kappa shape index (κ1) is 39.8. The fourth-order valence-corrected chi connectivity index (χ4v) is 8.09. The van der Waals surface area contributed by atoms with Crippen molar-refractivity contribution in [1.82, 2.24) is 75.6 Å². The number of nitrogens with zero attached hydrogens (tertiary/aromatic N) is 10. The van der Waals surface area contributed by atoms with E-state index in [4.69, 9.17) is 15.7 Å². The van der Waals surface area contributed by atoms with E-state index in [1.807, 2.05) is 67.3 Å². The van der Waals surface area contributed by atoms with Gasteiger partial charge in [0.1, 0.15) is 11.4 Å². The number of hydrogen-bond acceptors (Lipinski definition) is 12. The Bertz CT molecular complexity index is 3650. The van der Waals surface area contributed by atoms with Crippen LogP contribution in [0.25, 0.3) is 111 Å². The lowest BCUT2D eigenvalue weighted by molar-refractivity contribution is 0.674. The summed E-state index contributed by atoms with van der Waals surface area (Å²) < 4.78 is 0. The number of aromatic nitrogens is 14. The first-order chi connectivity index (χ1) is 32.6. The number of nitrogens with one attached hydrogen (secondary N) is 5. The molecule has 16 heteroatoms. The summed E-state index contributed by atoms with van der Waals surface area (Å²) in [5, 5.41) is 20.7. The topological polar surface area (TPSA) is 230 Å². The van der Waals surface area contributed by atoms with E-state index in [0.29, 0.717) is 17.3 Å². The maximum absolute atomic E-state index is 5.91. The van der Waals surface area contributed by atoms with Crippen molar-refractivity contribution >= 4 is 49.6 Å². The number of nitrogens with two attached hydrogens (primary N) is 1. The lowest BCUT2D eigenvalue weighted by Crippen LogP contribution is -2.13. The molecule has 0 aliphatic rings. The zero-order chi connectivity index (χ0) is 44.4. The molecule has 0 atom stereocenters. The van der Waals surface area contributed by atoms with Crippen molar-refractivity contribution in [2.75, 3.05) is 12.3 Å². The Morgan fingerprint density at radius 1 is 0.485 bits per heavy atom. The lowest BCUT2D eigenvalue weighted by Gasteiger charge is -2.06. The van der Waals surface area contributed by atoms with Gasteiger partial charge in [-0.1, -0.05) is 19.1 Å². The van der Waals surface area contributed by atoms with E-state index >= 15 is 0 Å². The van der Waals surface area contributed by atoms with Gasteiger partial charge in [-0.25, -0.2) is 9.97 Å². The Kier molecular flexibility index (Phi) is 10.4. The van der Waals surface area contributed by atoms with Gasteiger partial charge in [0.05, 0.1) is 51.2 Å². The number of H-pyrrole nitrogens is 4. The van der Waals surface area contributed by atoms with Crippen LogP contribution >= 0.6 is 0 Å². The smallest absolute Gasteiger partial charge is 0.159 e. The summed E-state index contributed by atoms with van der Waals surface area (Å²) in [7, 11) is 0. The van der Waals surface area contributed by atoms with E-state index in [1.54, 1.807) is 49.6 Å². The van der Waals surface area contributed by atoms with Crippen molar-refractivity contribution in [3.8, 4) is 67.5 Å². The summed E-state index contributed by atoms with van der Waals surface area (Å²) in [5.74, 6) is 1.37. The molecule has 0 saturated heterocycles. The highest BCUT2D eigenvalue weighted by molar-refractivity contribution is 5.99. The Balaban J connectivity index is 0.000000147. The maximum Gasteiger partial charge on any atom is 0.159 e. The van der Waals surface area contributed by atoms with Crippen molar-refractivity contribution in [2.45, 2.75) is 19.9 Å². The van der Waals surface area contributed by atoms with Gasteiger partial charge in [0, 0.05) is 102 Å². The fraction of sp³-hybridized carbons (Fsp3) is 0.0800. The summed E-state index contributed by atoms with van der Waals surface area (Å²) in [6, 6.07) is 24.3. The highest BCUT2D eigenvalue weighted by Crippen LogP contribution is 2.35. The zero-order valence-electron chi connectivity index (χ0n) is 35.5. The van der Waals surface area contributed by atoms with Crippen LogP contribution in [0.1, 0.15) is 18.9 Å². The molecule has 10 aromatic heterocycles. The Hall–Kier alpha value is -9.02. The van der Waals surface area contributed by atoms with Gasteiger partial charge in [0.2, 0.25) is 0 Å². The second-order valence-electron chi connectivity index (χ2n) is 15.7. The van der Waals surface area contributed by atoms with Crippen LogP contribution in [0.2, 0.25) is 0 Å². The molecule has 0 unspecified atom stereocenters. The van der Waals surface area contributed by atoms with Gasteiger partial charge in [-0.05, 0) is 101 Å². The van der Waals surface area contributed by atoms with Crippen molar-refractivity contribution < 1.29 is 0 Å². The summed E-state index contributed by atoms with van der Waals surface area (Å²) >= 11 is 0. The molecule has 12 aromatic rings. The summed E-state index contributed by atoms with van der Waals surface area (Å²) in [5.41, 5.74) is 22.5. The molecule has 0 aliphatic carbocycles. The molecular formula is C50H40N16. The number of benzene rings is 2. The van der Waals surface area contributed by atoms with Gasteiger partial charge in [0.15, 0.2) is 11.6 Å². The summed E-state index contributed by atoms with van der Waals surface area (Å²) in [6.45, 7) is 3.96. The number of rotatable bonds is 10. The number of anilines is 1. The minimum atomic E-state index is 0.624. The van der Waals surface area contributed by atoms with Crippen molar-refractivity contribution in [3.05, 3.63) is 153 Å². The number of fused-ring (bicyclic) bond motifs is 4. The highest BCUT2D eigenvalue weighted by atomic mass is 15.1. The number of pyridine rings is 6. The van der Waals surface area contributed by atoms with Gasteiger partial charge in [-0.2, -0.15) is 10.2 Å². The molecule has 0 saturated carbocycles. The molecule has 16 nitrogen and oxygen atoms in total. The van der Waals surface area contributed by atoms with Crippen LogP contribution < -0.4 is 11.1 Å². The average Bonchev–Trinajstić information content (AvgIpc) is 4.19. The molecule has 7 N–H and O–H groups in total.